The standard InChI is InChI=1S/C14H19N3O2S/c1-17-6-2-3-11(17)7-10-9-16-14-5-4-12(8-13(10)14)20(15,18)19/h4-5,8-9,11,16H,2-3,6-7H2,1H3,(H2,15,18,19). The van der Waals surface area contributed by atoms with Gasteiger partial charge in [-0.1, -0.05) is 0 Å². The molecule has 1 saturated heterocycles. The highest BCUT2D eigenvalue weighted by atomic mass is 32.2. The van der Waals surface area contributed by atoms with Crippen molar-refractivity contribution in [2.75, 3.05) is 13.6 Å². The van der Waals surface area contributed by atoms with Crippen molar-refractivity contribution in [3.63, 3.8) is 0 Å². The molecule has 1 aliphatic rings. The lowest BCUT2D eigenvalue weighted by Crippen LogP contribution is -2.26. The number of H-pyrrole nitrogens is 1. The monoisotopic (exact) mass is 293 g/mol. The molecule has 0 aliphatic carbocycles. The van der Waals surface area contributed by atoms with E-state index >= 15 is 0 Å². The Morgan fingerprint density at radius 3 is 2.90 bits per heavy atom. The molecule has 2 heterocycles. The molecule has 1 aliphatic heterocycles. The van der Waals surface area contributed by atoms with E-state index in [0.717, 1.165) is 29.4 Å². The zero-order valence-corrected chi connectivity index (χ0v) is 12.3. The highest BCUT2D eigenvalue weighted by Gasteiger charge is 2.22. The van der Waals surface area contributed by atoms with Crippen LogP contribution in [0.15, 0.2) is 29.3 Å². The summed E-state index contributed by atoms with van der Waals surface area (Å²) < 4.78 is 22.9. The van der Waals surface area contributed by atoms with Gasteiger partial charge in [-0.05, 0) is 56.6 Å². The maximum atomic E-state index is 11.5. The van der Waals surface area contributed by atoms with Crippen molar-refractivity contribution >= 4 is 20.9 Å². The normalized spacial score (nSPS) is 20.8. The van der Waals surface area contributed by atoms with Gasteiger partial charge in [0, 0.05) is 23.1 Å². The minimum atomic E-state index is -3.65. The zero-order valence-electron chi connectivity index (χ0n) is 11.5. The molecule has 20 heavy (non-hydrogen) atoms. The van der Waals surface area contributed by atoms with Crippen LogP contribution in [0.1, 0.15) is 18.4 Å². The second kappa shape index (κ2) is 4.87. The van der Waals surface area contributed by atoms with E-state index in [2.05, 4.69) is 16.9 Å². The number of likely N-dealkylation sites (N-methyl/N-ethyl adjacent to an activating group) is 1. The zero-order chi connectivity index (χ0) is 14.3. The van der Waals surface area contributed by atoms with Gasteiger partial charge >= 0.3 is 0 Å². The van der Waals surface area contributed by atoms with Crippen molar-refractivity contribution in [1.82, 2.24) is 9.88 Å². The molecule has 3 rings (SSSR count). The Labute approximate surface area is 118 Å². The number of nitrogens with zero attached hydrogens (tertiary/aromatic N) is 1. The van der Waals surface area contributed by atoms with Gasteiger partial charge in [0.25, 0.3) is 0 Å². The third kappa shape index (κ3) is 2.46. The van der Waals surface area contributed by atoms with Gasteiger partial charge < -0.3 is 9.88 Å². The summed E-state index contributed by atoms with van der Waals surface area (Å²) in [7, 11) is -1.51. The van der Waals surface area contributed by atoms with E-state index in [0.29, 0.717) is 6.04 Å². The van der Waals surface area contributed by atoms with Crippen molar-refractivity contribution in [2.45, 2.75) is 30.2 Å². The number of aromatic nitrogens is 1. The van der Waals surface area contributed by atoms with Crippen LogP contribution in [-0.2, 0) is 16.4 Å². The van der Waals surface area contributed by atoms with Crippen LogP contribution in [0.2, 0.25) is 0 Å². The van der Waals surface area contributed by atoms with Gasteiger partial charge in [0.2, 0.25) is 10.0 Å². The lowest BCUT2D eigenvalue weighted by molar-refractivity contribution is 0.310. The van der Waals surface area contributed by atoms with Crippen LogP contribution in [0.4, 0.5) is 0 Å². The predicted molar refractivity (Wildman–Crippen MR) is 79.0 cm³/mol. The maximum absolute atomic E-state index is 11.5. The third-order valence-corrected chi connectivity index (χ3v) is 5.11. The molecule has 1 aromatic heterocycles. The van der Waals surface area contributed by atoms with Crippen LogP contribution in [0.3, 0.4) is 0 Å². The quantitative estimate of drug-likeness (QED) is 0.899. The summed E-state index contributed by atoms with van der Waals surface area (Å²) in [6, 6.07) is 5.52. The molecule has 1 atom stereocenters. The summed E-state index contributed by atoms with van der Waals surface area (Å²) in [5.74, 6) is 0. The molecule has 3 N–H and O–H groups in total. The van der Waals surface area contributed by atoms with E-state index in [4.69, 9.17) is 5.14 Å². The SMILES string of the molecule is CN1CCCC1Cc1c[nH]c2ccc(S(N)(=O)=O)cc12. The maximum Gasteiger partial charge on any atom is 0.238 e. The molecule has 0 bridgehead atoms. The van der Waals surface area contributed by atoms with E-state index in [-0.39, 0.29) is 4.90 Å². The van der Waals surface area contributed by atoms with Crippen LogP contribution < -0.4 is 5.14 Å². The molecule has 1 unspecified atom stereocenters. The van der Waals surface area contributed by atoms with Gasteiger partial charge in [-0.3, -0.25) is 0 Å². The van der Waals surface area contributed by atoms with Gasteiger partial charge in [0.15, 0.2) is 0 Å². The Bertz CT molecular complexity index is 736. The molecule has 1 fully saturated rings. The molecular weight excluding hydrogens is 274 g/mol. The molecule has 0 saturated carbocycles. The summed E-state index contributed by atoms with van der Waals surface area (Å²) in [6.07, 6.45) is 5.33. The van der Waals surface area contributed by atoms with E-state index in [1.165, 1.54) is 12.8 Å². The van der Waals surface area contributed by atoms with Crippen molar-refractivity contribution in [2.24, 2.45) is 5.14 Å². The smallest absolute Gasteiger partial charge is 0.238 e. The summed E-state index contributed by atoms with van der Waals surface area (Å²) >= 11 is 0. The number of hydrogen-bond acceptors (Lipinski definition) is 3. The number of hydrogen-bond donors (Lipinski definition) is 2. The number of benzene rings is 1. The molecule has 0 spiro atoms. The molecule has 5 nitrogen and oxygen atoms in total. The number of nitrogens with two attached hydrogens (primary N) is 1. The average molecular weight is 293 g/mol. The lowest BCUT2D eigenvalue weighted by atomic mass is 10.0. The number of aromatic amines is 1. The third-order valence-electron chi connectivity index (χ3n) is 4.19. The molecule has 108 valence electrons. The first-order chi connectivity index (χ1) is 9.45. The number of rotatable bonds is 3. The highest BCUT2D eigenvalue weighted by Crippen LogP contribution is 2.26. The van der Waals surface area contributed by atoms with Crippen molar-refractivity contribution in [3.8, 4) is 0 Å². The van der Waals surface area contributed by atoms with Gasteiger partial charge in [-0.25, -0.2) is 13.6 Å². The van der Waals surface area contributed by atoms with Crippen molar-refractivity contribution in [1.29, 1.82) is 0 Å². The fourth-order valence-corrected chi connectivity index (χ4v) is 3.53. The lowest BCUT2D eigenvalue weighted by Gasteiger charge is -2.18. The Kier molecular flexibility index (Phi) is 3.32. The van der Waals surface area contributed by atoms with E-state index in [1.54, 1.807) is 18.2 Å². The van der Waals surface area contributed by atoms with Crippen LogP contribution in [-0.4, -0.2) is 37.9 Å². The number of sulfonamides is 1. The van der Waals surface area contributed by atoms with E-state index in [9.17, 15) is 8.42 Å². The number of likely N-dealkylation sites (tertiary alicyclic amines) is 1. The molecule has 2 aromatic rings. The minimum Gasteiger partial charge on any atom is -0.361 e. The molecule has 0 radical (unpaired) electrons. The first-order valence-corrected chi connectivity index (χ1v) is 8.33. The molecule has 6 heteroatoms. The Hall–Kier alpha value is -1.37. The largest absolute Gasteiger partial charge is 0.361 e. The van der Waals surface area contributed by atoms with E-state index in [1.807, 2.05) is 6.20 Å². The predicted octanol–water partition coefficient (Wildman–Crippen LogP) is 1.45. The van der Waals surface area contributed by atoms with Gasteiger partial charge in [-0.15, -0.1) is 0 Å². The Balaban J connectivity index is 1.99. The molecule has 0 amide bonds. The van der Waals surface area contributed by atoms with Gasteiger partial charge in [0.05, 0.1) is 4.90 Å². The first-order valence-electron chi connectivity index (χ1n) is 6.78. The summed E-state index contributed by atoms with van der Waals surface area (Å²) in [6.45, 7) is 1.13. The van der Waals surface area contributed by atoms with Crippen LogP contribution in [0.5, 0.6) is 0 Å². The second-order valence-corrected chi connectivity index (χ2v) is 7.11. The summed E-state index contributed by atoms with van der Waals surface area (Å²) in [4.78, 5) is 5.74. The topological polar surface area (TPSA) is 79.2 Å². The number of primary sulfonamides is 1. The fourth-order valence-electron chi connectivity index (χ4n) is 2.99. The summed E-state index contributed by atoms with van der Waals surface area (Å²) in [5.41, 5.74) is 2.11. The van der Waals surface area contributed by atoms with Crippen molar-refractivity contribution in [3.05, 3.63) is 30.0 Å². The first kappa shape index (κ1) is 13.6. The Morgan fingerprint density at radius 2 is 2.25 bits per heavy atom. The minimum absolute atomic E-state index is 0.172. The van der Waals surface area contributed by atoms with Crippen molar-refractivity contribution < 1.29 is 8.42 Å². The van der Waals surface area contributed by atoms with Crippen LogP contribution >= 0.6 is 0 Å². The van der Waals surface area contributed by atoms with Crippen LogP contribution in [0.25, 0.3) is 10.9 Å². The fraction of sp³-hybridized carbons (Fsp3) is 0.429. The molecular formula is C14H19N3O2S. The molecule has 1 aromatic carbocycles. The second-order valence-electron chi connectivity index (χ2n) is 5.55. The number of nitrogens with one attached hydrogen (secondary N) is 1. The van der Waals surface area contributed by atoms with E-state index < -0.39 is 10.0 Å². The Morgan fingerprint density at radius 1 is 1.45 bits per heavy atom. The average Bonchev–Trinajstić information content (AvgIpc) is 2.96. The van der Waals surface area contributed by atoms with Crippen LogP contribution in [0, 0.1) is 0 Å². The van der Waals surface area contributed by atoms with Gasteiger partial charge in [-0.2, -0.15) is 0 Å². The number of fused-ring (bicyclic) bond motifs is 1. The summed E-state index contributed by atoms with van der Waals surface area (Å²) in [5, 5.41) is 6.16. The van der Waals surface area contributed by atoms with Gasteiger partial charge in [0.1, 0.15) is 0 Å². The highest BCUT2D eigenvalue weighted by molar-refractivity contribution is 7.89.